The van der Waals surface area contributed by atoms with Gasteiger partial charge in [0.1, 0.15) is 6.29 Å². The molecule has 0 aromatic carbocycles. The molecule has 0 aromatic heterocycles. The van der Waals surface area contributed by atoms with Crippen LogP contribution >= 0.6 is 0 Å². The summed E-state index contributed by atoms with van der Waals surface area (Å²) < 4.78 is 5.23. The van der Waals surface area contributed by atoms with Crippen molar-refractivity contribution in [2.24, 2.45) is 11.8 Å². The number of esters is 1. The molecule has 1 rings (SSSR count). The quantitative estimate of drug-likeness (QED) is 0.269. The lowest BCUT2D eigenvalue weighted by Crippen LogP contribution is -2.23. The Morgan fingerprint density at radius 3 is 2.50 bits per heavy atom. The van der Waals surface area contributed by atoms with E-state index >= 15 is 0 Å². The molecule has 22 heavy (non-hydrogen) atoms. The normalized spacial score (nSPS) is 22.6. The summed E-state index contributed by atoms with van der Waals surface area (Å²) in [5.74, 6) is 1.15. The molecule has 1 fully saturated rings. The summed E-state index contributed by atoms with van der Waals surface area (Å²) in [5.41, 5.74) is 0.877. The fourth-order valence-electron chi connectivity index (χ4n) is 3.40. The van der Waals surface area contributed by atoms with Crippen molar-refractivity contribution < 1.29 is 14.3 Å². The van der Waals surface area contributed by atoms with E-state index in [0.717, 1.165) is 30.7 Å². The number of rotatable bonds is 9. The molecular formula is C18H32O3Si. The van der Waals surface area contributed by atoms with E-state index in [4.69, 9.17) is 4.74 Å². The smallest absolute Gasteiger partial charge is 0.333 e. The van der Waals surface area contributed by atoms with E-state index in [9.17, 15) is 9.59 Å². The lowest BCUT2D eigenvalue weighted by Gasteiger charge is -2.20. The maximum absolute atomic E-state index is 12.2. The molecule has 1 aliphatic rings. The summed E-state index contributed by atoms with van der Waals surface area (Å²) >= 11 is 0. The second-order valence-corrected chi connectivity index (χ2v) is 13.1. The minimum atomic E-state index is -1.34. The van der Waals surface area contributed by atoms with Crippen LogP contribution in [0.15, 0.2) is 11.6 Å². The van der Waals surface area contributed by atoms with Crippen LogP contribution in [0.5, 0.6) is 0 Å². The third kappa shape index (κ3) is 6.90. The average Bonchev–Trinajstić information content (AvgIpc) is 2.87. The zero-order valence-corrected chi connectivity index (χ0v) is 15.7. The van der Waals surface area contributed by atoms with Crippen molar-refractivity contribution in [1.82, 2.24) is 0 Å². The predicted octanol–water partition coefficient (Wildman–Crippen LogP) is 4.60. The summed E-state index contributed by atoms with van der Waals surface area (Å²) in [7, 11) is -1.34. The number of hydrogen-bond donors (Lipinski definition) is 0. The van der Waals surface area contributed by atoms with Gasteiger partial charge in [0.25, 0.3) is 0 Å². The topological polar surface area (TPSA) is 43.4 Å². The summed E-state index contributed by atoms with van der Waals surface area (Å²) in [4.78, 5) is 22.7. The monoisotopic (exact) mass is 324 g/mol. The Morgan fingerprint density at radius 1 is 1.23 bits per heavy atom. The van der Waals surface area contributed by atoms with Gasteiger partial charge in [-0.15, -0.1) is 0 Å². The number of carbonyl (C=O) groups excluding carboxylic acids is 2. The SMILES string of the molecule is CCOC(=O)/C(=C\C[C@@H]1CCC[C@H]1CCC=O)C[Si](C)(C)C. The lowest BCUT2D eigenvalue weighted by molar-refractivity contribution is -0.138. The van der Waals surface area contributed by atoms with Crippen LogP contribution in [0.1, 0.15) is 45.4 Å². The van der Waals surface area contributed by atoms with Gasteiger partial charge in [-0.25, -0.2) is 4.79 Å². The molecule has 0 bridgehead atoms. The highest BCUT2D eigenvalue weighted by atomic mass is 28.3. The molecule has 0 spiro atoms. The van der Waals surface area contributed by atoms with Gasteiger partial charge in [-0.3, -0.25) is 0 Å². The zero-order valence-electron chi connectivity index (χ0n) is 14.7. The van der Waals surface area contributed by atoms with Gasteiger partial charge in [-0.1, -0.05) is 38.6 Å². The van der Waals surface area contributed by atoms with Crippen LogP contribution in [0.25, 0.3) is 0 Å². The summed E-state index contributed by atoms with van der Waals surface area (Å²) in [6.45, 7) is 9.14. The van der Waals surface area contributed by atoms with Crippen LogP contribution in [0.2, 0.25) is 25.7 Å². The number of aldehydes is 1. The lowest BCUT2D eigenvalue weighted by atomic mass is 9.89. The van der Waals surface area contributed by atoms with E-state index in [1.165, 1.54) is 19.3 Å². The van der Waals surface area contributed by atoms with Gasteiger partial charge in [0.2, 0.25) is 0 Å². The molecule has 0 unspecified atom stereocenters. The van der Waals surface area contributed by atoms with Crippen LogP contribution in [-0.2, 0) is 14.3 Å². The third-order valence-corrected chi connectivity index (χ3v) is 5.84. The molecule has 3 nitrogen and oxygen atoms in total. The summed E-state index contributed by atoms with van der Waals surface area (Å²) in [6, 6.07) is 0.886. The maximum Gasteiger partial charge on any atom is 0.333 e. The van der Waals surface area contributed by atoms with Crippen molar-refractivity contribution in [1.29, 1.82) is 0 Å². The predicted molar refractivity (Wildman–Crippen MR) is 93.6 cm³/mol. The number of carbonyl (C=O) groups is 2. The fraction of sp³-hybridized carbons (Fsp3) is 0.778. The summed E-state index contributed by atoms with van der Waals surface area (Å²) in [5, 5.41) is 0. The minimum Gasteiger partial charge on any atom is -0.463 e. The van der Waals surface area contributed by atoms with Crippen LogP contribution in [0.3, 0.4) is 0 Å². The first-order valence-electron chi connectivity index (χ1n) is 8.67. The number of hydrogen-bond acceptors (Lipinski definition) is 3. The molecule has 4 heteroatoms. The molecule has 0 aliphatic heterocycles. The van der Waals surface area contributed by atoms with Crippen molar-refractivity contribution in [3.05, 3.63) is 11.6 Å². The van der Waals surface area contributed by atoms with Crippen molar-refractivity contribution in [3.8, 4) is 0 Å². The third-order valence-electron chi connectivity index (χ3n) is 4.40. The van der Waals surface area contributed by atoms with E-state index in [1.54, 1.807) is 0 Å². The first kappa shape index (κ1) is 19.1. The molecule has 0 heterocycles. The van der Waals surface area contributed by atoms with E-state index < -0.39 is 8.07 Å². The van der Waals surface area contributed by atoms with Crippen molar-refractivity contribution in [2.45, 2.75) is 71.1 Å². The Balaban J connectivity index is 2.70. The van der Waals surface area contributed by atoms with E-state index in [0.29, 0.717) is 24.9 Å². The molecule has 1 saturated carbocycles. The molecule has 2 atom stereocenters. The van der Waals surface area contributed by atoms with Gasteiger partial charge in [0, 0.05) is 20.1 Å². The Hall–Kier alpha value is -0.903. The minimum absolute atomic E-state index is 0.132. The largest absolute Gasteiger partial charge is 0.463 e. The highest BCUT2D eigenvalue weighted by Gasteiger charge is 2.27. The average molecular weight is 325 g/mol. The highest BCUT2D eigenvalue weighted by molar-refractivity contribution is 6.77. The fourth-order valence-corrected chi connectivity index (χ4v) is 4.83. The molecule has 0 radical (unpaired) electrons. The van der Waals surface area contributed by atoms with Gasteiger partial charge < -0.3 is 9.53 Å². The number of ether oxygens (including phenoxy) is 1. The Morgan fingerprint density at radius 2 is 1.91 bits per heavy atom. The molecule has 126 valence electrons. The van der Waals surface area contributed by atoms with E-state index in [-0.39, 0.29) is 5.97 Å². The molecule has 0 aromatic rings. The van der Waals surface area contributed by atoms with Gasteiger partial charge in [-0.2, -0.15) is 0 Å². The van der Waals surface area contributed by atoms with E-state index in [1.807, 2.05) is 6.92 Å². The Labute approximate surface area is 136 Å². The van der Waals surface area contributed by atoms with Crippen LogP contribution in [-0.4, -0.2) is 26.9 Å². The van der Waals surface area contributed by atoms with E-state index in [2.05, 4.69) is 25.7 Å². The highest BCUT2D eigenvalue weighted by Crippen LogP contribution is 2.37. The van der Waals surface area contributed by atoms with Crippen molar-refractivity contribution >= 4 is 20.3 Å². The Bertz CT molecular complexity index is 396. The molecule has 0 amide bonds. The zero-order chi connectivity index (χ0) is 16.6. The summed E-state index contributed by atoms with van der Waals surface area (Å²) in [6.07, 6.45) is 9.51. The molecule has 0 saturated heterocycles. The van der Waals surface area contributed by atoms with Crippen molar-refractivity contribution in [3.63, 3.8) is 0 Å². The second kappa shape index (κ2) is 9.28. The first-order valence-corrected chi connectivity index (χ1v) is 12.4. The van der Waals surface area contributed by atoms with Crippen LogP contribution in [0.4, 0.5) is 0 Å². The standard InChI is InChI=1S/C18H32O3Si/c1-5-21-18(20)17(14-22(2,3)4)12-11-16-9-6-8-15(16)10-7-13-19/h12-13,15-16H,5-11,14H2,1-4H3/b17-12-/t15-,16-/m0/s1. The second-order valence-electron chi connectivity index (χ2n) is 7.62. The van der Waals surface area contributed by atoms with Crippen molar-refractivity contribution in [2.75, 3.05) is 6.61 Å². The Kier molecular flexibility index (Phi) is 8.08. The molecule has 1 aliphatic carbocycles. The van der Waals surface area contributed by atoms with Crippen LogP contribution < -0.4 is 0 Å². The van der Waals surface area contributed by atoms with Gasteiger partial charge in [0.05, 0.1) is 6.61 Å². The maximum atomic E-state index is 12.2. The molecular weight excluding hydrogens is 292 g/mol. The van der Waals surface area contributed by atoms with Gasteiger partial charge in [0.15, 0.2) is 0 Å². The molecule has 0 N–H and O–H groups in total. The first-order chi connectivity index (χ1) is 10.4. The van der Waals surface area contributed by atoms with Crippen LogP contribution in [0, 0.1) is 11.8 Å². The number of allylic oxidation sites excluding steroid dienone is 1. The van der Waals surface area contributed by atoms with Gasteiger partial charge >= 0.3 is 5.97 Å². The van der Waals surface area contributed by atoms with Gasteiger partial charge in [-0.05, 0) is 44.1 Å².